The zero-order valence-corrected chi connectivity index (χ0v) is 27.5. The number of hydrogen-bond donors (Lipinski definition) is 0. The first kappa shape index (κ1) is 32.6. The van der Waals surface area contributed by atoms with Crippen molar-refractivity contribution in [1.82, 2.24) is 0 Å². The summed E-state index contributed by atoms with van der Waals surface area (Å²) in [6.07, 6.45) is 7.64. The van der Waals surface area contributed by atoms with Crippen molar-refractivity contribution in [2.75, 3.05) is 23.9 Å². The highest BCUT2D eigenvalue weighted by Gasteiger charge is 2.44. The number of anilines is 2. The first-order chi connectivity index (χ1) is 21.5. The van der Waals surface area contributed by atoms with Crippen LogP contribution in [-0.2, 0) is 10.8 Å². The van der Waals surface area contributed by atoms with E-state index in [0.717, 1.165) is 22.5 Å². The van der Waals surface area contributed by atoms with Crippen molar-refractivity contribution < 1.29 is 14.8 Å². The Labute approximate surface area is 275 Å². The summed E-state index contributed by atoms with van der Waals surface area (Å²) in [4.78, 5) is 37.5. The topological polar surface area (TPSA) is 136 Å². The van der Waals surface area contributed by atoms with Crippen molar-refractivity contribution in [3.63, 3.8) is 0 Å². The molecule has 0 radical (unpaired) electrons. The molecule has 0 bridgehead atoms. The van der Waals surface area contributed by atoms with Crippen LogP contribution in [0.2, 0.25) is 10.0 Å². The van der Waals surface area contributed by atoms with E-state index in [1.165, 1.54) is 24.3 Å². The predicted octanol–water partition coefficient (Wildman–Crippen LogP) is 8.98. The molecule has 0 spiro atoms. The molecule has 0 N–H and O–H groups in total. The normalized spacial score (nSPS) is 18.7. The lowest BCUT2D eigenvalue weighted by atomic mass is 9.81. The van der Waals surface area contributed by atoms with Gasteiger partial charge in [-0.05, 0) is 34.9 Å². The second-order valence-electron chi connectivity index (χ2n) is 12.4. The second-order valence-corrected chi connectivity index (χ2v) is 13.3. The molecule has 0 amide bonds. The van der Waals surface area contributed by atoms with E-state index in [-0.39, 0.29) is 27.1 Å². The smallest absolute Gasteiger partial charge is 0.294 e. The summed E-state index contributed by atoms with van der Waals surface area (Å²) in [6, 6.07) is 12.4. The van der Waals surface area contributed by atoms with Crippen molar-refractivity contribution >= 4 is 51.6 Å². The fourth-order valence-electron chi connectivity index (χ4n) is 6.62. The molecule has 0 aromatic heterocycles. The lowest BCUT2D eigenvalue weighted by molar-refractivity contribution is -0.384. The third-order valence-electron chi connectivity index (χ3n) is 8.92. The number of nitro groups is 3. The Hall–Kier alpha value is -4.74. The number of benzene rings is 3. The van der Waals surface area contributed by atoms with E-state index in [0.29, 0.717) is 16.9 Å². The van der Waals surface area contributed by atoms with E-state index < -0.39 is 31.5 Å². The molecular weight excluding hydrogens is 633 g/mol. The van der Waals surface area contributed by atoms with Gasteiger partial charge < -0.3 is 9.80 Å². The van der Waals surface area contributed by atoms with Crippen LogP contribution in [0.5, 0.6) is 0 Å². The van der Waals surface area contributed by atoms with Crippen LogP contribution in [0.4, 0.5) is 28.4 Å². The minimum atomic E-state index is -0.668. The number of likely N-dealkylation sites (N-methyl/N-ethyl adjacent to an activating group) is 2. The van der Waals surface area contributed by atoms with E-state index in [2.05, 4.69) is 0 Å². The van der Waals surface area contributed by atoms with Gasteiger partial charge in [0.05, 0.1) is 14.8 Å². The Kier molecular flexibility index (Phi) is 8.21. The molecule has 2 heterocycles. The van der Waals surface area contributed by atoms with E-state index in [4.69, 9.17) is 23.2 Å². The maximum atomic E-state index is 12.0. The molecule has 5 rings (SSSR count). The van der Waals surface area contributed by atoms with Crippen LogP contribution in [0.1, 0.15) is 50.3 Å². The van der Waals surface area contributed by atoms with Gasteiger partial charge >= 0.3 is 0 Å². The van der Waals surface area contributed by atoms with E-state index >= 15 is 0 Å². The summed E-state index contributed by atoms with van der Waals surface area (Å²) in [5.74, 6) is -0.417. The number of fused-ring (bicyclic) bond motifs is 2. The zero-order valence-electron chi connectivity index (χ0n) is 25.9. The summed E-state index contributed by atoms with van der Waals surface area (Å²) in [6.45, 7) is 7.86. The van der Waals surface area contributed by atoms with Crippen LogP contribution < -0.4 is 9.80 Å². The number of hydrogen-bond acceptors (Lipinski definition) is 8. The molecule has 2 aliphatic heterocycles. The molecule has 0 saturated heterocycles. The van der Waals surface area contributed by atoms with Crippen LogP contribution in [0.25, 0.3) is 0 Å². The summed E-state index contributed by atoms with van der Waals surface area (Å²) >= 11 is 12.6. The number of allylic oxidation sites excluding steroid dienone is 6. The molecule has 0 aliphatic carbocycles. The van der Waals surface area contributed by atoms with Crippen molar-refractivity contribution in [3.05, 3.63) is 141 Å². The average molecular weight is 665 g/mol. The van der Waals surface area contributed by atoms with Gasteiger partial charge in [0.15, 0.2) is 0 Å². The Morgan fingerprint density at radius 2 is 1.17 bits per heavy atom. The van der Waals surface area contributed by atoms with Gasteiger partial charge in [-0.3, -0.25) is 30.3 Å². The molecule has 46 heavy (non-hydrogen) atoms. The summed E-state index contributed by atoms with van der Waals surface area (Å²) in [5, 5.41) is 35.8. The van der Waals surface area contributed by atoms with Gasteiger partial charge in [0, 0.05) is 76.5 Å². The van der Waals surface area contributed by atoms with Gasteiger partial charge in [0.25, 0.3) is 17.1 Å². The van der Waals surface area contributed by atoms with Crippen molar-refractivity contribution in [2.24, 2.45) is 0 Å². The Bertz CT molecular complexity index is 1900. The monoisotopic (exact) mass is 663 g/mol. The fraction of sp³-hybridized carbons (Fsp3) is 0.273. The summed E-state index contributed by atoms with van der Waals surface area (Å²) in [5.41, 5.74) is 3.18. The van der Waals surface area contributed by atoms with Crippen LogP contribution >= 0.6 is 23.2 Å². The predicted molar refractivity (Wildman–Crippen MR) is 180 cm³/mol. The van der Waals surface area contributed by atoms with Gasteiger partial charge in [-0.2, -0.15) is 0 Å². The maximum absolute atomic E-state index is 12.0. The molecule has 0 fully saturated rings. The third kappa shape index (κ3) is 5.39. The molecule has 0 saturated carbocycles. The molecule has 3 aromatic rings. The molecule has 1 atom stereocenters. The number of nitro benzene ring substituents is 3. The minimum Gasteiger partial charge on any atom is -0.342 e. The highest BCUT2D eigenvalue weighted by Crippen LogP contribution is 2.53. The SMILES string of the molecule is CN1/C(=C/C=C/C(/C=C2/N(C)c3c([N+](=O)[O-])cc(Cl)cc3C2(C)C)c2ccc([N+](=O)[O-])cc2)C(C)(C)c2cc(Cl)cc([N+](=O)[O-])c21. The van der Waals surface area contributed by atoms with Gasteiger partial charge in [0.2, 0.25) is 0 Å². The first-order valence-electron chi connectivity index (χ1n) is 14.3. The van der Waals surface area contributed by atoms with E-state index in [1.807, 2.05) is 52.0 Å². The summed E-state index contributed by atoms with van der Waals surface area (Å²) < 4.78 is 0. The second kappa shape index (κ2) is 11.6. The molecule has 2 aliphatic rings. The molecule has 1 unspecified atom stereocenters. The highest BCUT2D eigenvalue weighted by molar-refractivity contribution is 6.31. The highest BCUT2D eigenvalue weighted by atomic mass is 35.5. The van der Waals surface area contributed by atoms with Crippen molar-refractivity contribution in [3.8, 4) is 0 Å². The molecule has 238 valence electrons. The third-order valence-corrected chi connectivity index (χ3v) is 9.36. The Morgan fingerprint density at radius 1 is 0.717 bits per heavy atom. The Balaban J connectivity index is 1.62. The number of nitrogens with zero attached hydrogens (tertiary/aromatic N) is 5. The van der Waals surface area contributed by atoms with Crippen molar-refractivity contribution in [1.29, 1.82) is 0 Å². The number of non-ortho nitro benzene ring substituents is 1. The van der Waals surface area contributed by atoms with E-state index in [9.17, 15) is 30.3 Å². The van der Waals surface area contributed by atoms with Crippen LogP contribution in [0.15, 0.2) is 84.2 Å². The molecule has 13 heteroatoms. The quantitative estimate of drug-likeness (QED) is 0.180. The van der Waals surface area contributed by atoms with Crippen molar-refractivity contribution in [2.45, 2.75) is 44.4 Å². The number of halogens is 2. The fourth-order valence-corrected chi connectivity index (χ4v) is 7.04. The van der Waals surface area contributed by atoms with Gasteiger partial charge in [-0.15, -0.1) is 0 Å². The lowest BCUT2D eigenvalue weighted by Gasteiger charge is -2.26. The Morgan fingerprint density at radius 3 is 1.63 bits per heavy atom. The average Bonchev–Trinajstić information content (AvgIpc) is 3.28. The molecular formula is C33H31Cl2N5O6. The standard InChI is InChI=1S/C33H31Cl2N5O6/c1-32(2)24-15-21(34)17-26(39(43)44)30(24)36(5)28(32)9-7-8-20(19-10-12-23(13-11-19)38(41)42)14-29-33(3,4)25-16-22(35)18-27(40(45)46)31(25)37(29)6/h7-18,20H,1-6H3/b8-7+,28-9+,29-14+. The van der Waals surface area contributed by atoms with Gasteiger partial charge in [-0.1, -0.05) is 81.3 Å². The van der Waals surface area contributed by atoms with Crippen LogP contribution in [-0.4, -0.2) is 28.9 Å². The van der Waals surface area contributed by atoms with Crippen LogP contribution in [0.3, 0.4) is 0 Å². The maximum Gasteiger partial charge on any atom is 0.294 e. The first-order valence-corrected chi connectivity index (χ1v) is 15.0. The molecule has 11 nitrogen and oxygen atoms in total. The lowest BCUT2D eigenvalue weighted by Crippen LogP contribution is -2.23. The largest absolute Gasteiger partial charge is 0.342 e. The number of rotatable bonds is 7. The summed E-state index contributed by atoms with van der Waals surface area (Å²) in [7, 11) is 3.54. The van der Waals surface area contributed by atoms with Gasteiger partial charge in [-0.25, -0.2) is 0 Å². The van der Waals surface area contributed by atoms with Gasteiger partial charge in [0.1, 0.15) is 11.4 Å². The zero-order chi connectivity index (χ0) is 33.9. The van der Waals surface area contributed by atoms with Crippen LogP contribution in [0, 0.1) is 30.3 Å². The minimum absolute atomic E-state index is 0.0513. The van der Waals surface area contributed by atoms with E-state index in [1.54, 1.807) is 48.2 Å². The molecule has 3 aromatic carbocycles.